The monoisotopic (exact) mass is 274 g/mol. The number of nitrogens with two attached hydrogens (primary N) is 1. The Labute approximate surface area is 119 Å². The highest BCUT2D eigenvalue weighted by molar-refractivity contribution is 5.81. The van der Waals surface area contributed by atoms with Crippen LogP contribution in [0.2, 0.25) is 0 Å². The first-order chi connectivity index (χ1) is 9.70. The predicted octanol–water partition coefficient (Wildman–Crippen LogP) is 1.37. The van der Waals surface area contributed by atoms with Crippen molar-refractivity contribution in [1.82, 2.24) is 15.2 Å². The van der Waals surface area contributed by atoms with E-state index in [4.69, 9.17) is 10.6 Å². The lowest BCUT2D eigenvalue weighted by atomic mass is 9.94. The van der Waals surface area contributed by atoms with Crippen molar-refractivity contribution in [3.63, 3.8) is 0 Å². The maximum absolute atomic E-state index is 5.83. The van der Waals surface area contributed by atoms with Gasteiger partial charge in [-0.05, 0) is 18.4 Å². The van der Waals surface area contributed by atoms with Crippen LogP contribution in [0.25, 0.3) is 10.9 Å². The van der Waals surface area contributed by atoms with Gasteiger partial charge in [-0.2, -0.15) is 5.10 Å². The fourth-order valence-electron chi connectivity index (χ4n) is 3.15. The Hall–Kier alpha value is -1.43. The van der Waals surface area contributed by atoms with E-state index in [-0.39, 0.29) is 12.1 Å². The van der Waals surface area contributed by atoms with Crippen LogP contribution < -0.4 is 11.3 Å². The number of ether oxygens (including phenoxy) is 1. The standard InChI is InChI=1S/C15H22N4O/c1-10-7-8-20-15(10)13(17-16)9-12-11-5-3-4-6-14(11)19(2)18-12/h3-6,10,13,15,17H,7-9,16H2,1-2H3. The van der Waals surface area contributed by atoms with Gasteiger partial charge in [-0.25, -0.2) is 0 Å². The summed E-state index contributed by atoms with van der Waals surface area (Å²) in [7, 11) is 1.98. The van der Waals surface area contributed by atoms with Crippen LogP contribution in [0.3, 0.4) is 0 Å². The maximum atomic E-state index is 5.83. The molecule has 2 aromatic rings. The van der Waals surface area contributed by atoms with E-state index in [0.29, 0.717) is 5.92 Å². The number of nitrogens with one attached hydrogen (secondary N) is 1. The smallest absolute Gasteiger partial charge is 0.0771 e. The molecule has 0 aliphatic carbocycles. The molecule has 3 rings (SSSR count). The number of aryl methyl sites for hydroxylation is 1. The molecule has 1 fully saturated rings. The van der Waals surface area contributed by atoms with Gasteiger partial charge in [-0.15, -0.1) is 0 Å². The van der Waals surface area contributed by atoms with Crippen LogP contribution in [0.1, 0.15) is 19.0 Å². The molecule has 0 spiro atoms. The van der Waals surface area contributed by atoms with Crippen LogP contribution >= 0.6 is 0 Å². The van der Waals surface area contributed by atoms with Crippen LogP contribution in [0.15, 0.2) is 24.3 Å². The minimum absolute atomic E-state index is 0.103. The first-order valence-corrected chi connectivity index (χ1v) is 7.19. The van der Waals surface area contributed by atoms with Gasteiger partial charge in [0.1, 0.15) is 0 Å². The summed E-state index contributed by atoms with van der Waals surface area (Å²) in [4.78, 5) is 0. The molecule has 0 bridgehead atoms. The minimum atomic E-state index is 0.103. The third kappa shape index (κ3) is 2.32. The quantitative estimate of drug-likeness (QED) is 0.653. The lowest BCUT2D eigenvalue weighted by Crippen LogP contribution is -2.47. The van der Waals surface area contributed by atoms with E-state index in [9.17, 15) is 0 Å². The highest BCUT2D eigenvalue weighted by atomic mass is 16.5. The number of aromatic nitrogens is 2. The first-order valence-electron chi connectivity index (χ1n) is 7.19. The fraction of sp³-hybridized carbons (Fsp3) is 0.533. The van der Waals surface area contributed by atoms with E-state index in [0.717, 1.165) is 30.7 Å². The van der Waals surface area contributed by atoms with Gasteiger partial charge >= 0.3 is 0 Å². The summed E-state index contributed by atoms with van der Waals surface area (Å²) in [6, 6.07) is 8.39. The SMILES string of the molecule is CC1CCOC1C(Cc1nn(C)c2ccccc12)NN. The van der Waals surface area contributed by atoms with Gasteiger partial charge in [0.2, 0.25) is 0 Å². The third-order valence-electron chi connectivity index (χ3n) is 4.30. The number of hydrazine groups is 1. The lowest BCUT2D eigenvalue weighted by molar-refractivity contribution is 0.0608. The Morgan fingerprint density at radius 2 is 2.30 bits per heavy atom. The second-order valence-corrected chi connectivity index (χ2v) is 5.67. The van der Waals surface area contributed by atoms with Gasteiger partial charge < -0.3 is 4.74 Å². The normalized spacial score (nSPS) is 24.4. The van der Waals surface area contributed by atoms with Crippen molar-refractivity contribution in [3.05, 3.63) is 30.0 Å². The Kier molecular flexibility index (Phi) is 3.74. The van der Waals surface area contributed by atoms with Crippen LogP contribution in [0, 0.1) is 5.92 Å². The van der Waals surface area contributed by atoms with Crippen molar-refractivity contribution in [2.75, 3.05) is 6.61 Å². The zero-order valence-corrected chi connectivity index (χ0v) is 12.0. The first kappa shape index (κ1) is 13.5. The van der Waals surface area contributed by atoms with E-state index in [1.165, 1.54) is 5.39 Å². The zero-order chi connectivity index (χ0) is 14.1. The minimum Gasteiger partial charge on any atom is -0.376 e. The molecule has 1 aromatic heterocycles. The molecule has 1 saturated heterocycles. The molecule has 3 unspecified atom stereocenters. The average molecular weight is 274 g/mol. The summed E-state index contributed by atoms with van der Waals surface area (Å²) >= 11 is 0. The molecule has 20 heavy (non-hydrogen) atoms. The molecule has 5 nitrogen and oxygen atoms in total. The van der Waals surface area contributed by atoms with E-state index < -0.39 is 0 Å². The largest absolute Gasteiger partial charge is 0.376 e. The Morgan fingerprint density at radius 1 is 1.50 bits per heavy atom. The highest BCUT2D eigenvalue weighted by Crippen LogP contribution is 2.26. The van der Waals surface area contributed by atoms with Gasteiger partial charge in [-0.1, -0.05) is 25.1 Å². The van der Waals surface area contributed by atoms with E-state index in [2.05, 4.69) is 29.6 Å². The van der Waals surface area contributed by atoms with Crippen molar-refractivity contribution in [2.45, 2.75) is 31.9 Å². The molecule has 0 radical (unpaired) electrons. The van der Waals surface area contributed by atoms with Crippen LogP contribution in [0.4, 0.5) is 0 Å². The predicted molar refractivity (Wildman–Crippen MR) is 79.1 cm³/mol. The molecular formula is C15H22N4O. The van der Waals surface area contributed by atoms with Gasteiger partial charge in [0.15, 0.2) is 0 Å². The summed E-state index contributed by atoms with van der Waals surface area (Å²) in [5.74, 6) is 6.28. The molecular weight excluding hydrogens is 252 g/mol. The molecule has 0 amide bonds. The number of hydrogen-bond donors (Lipinski definition) is 2. The second kappa shape index (κ2) is 5.52. The van der Waals surface area contributed by atoms with Crippen molar-refractivity contribution < 1.29 is 4.74 Å². The molecule has 2 heterocycles. The lowest BCUT2D eigenvalue weighted by Gasteiger charge is -2.24. The summed E-state index contributed by atoms with van der Waals surface area (Å²) in [5.41, 5.74) is 5.15. The molecule has 108 valence electrons. The molecule has 1 aliphatic heterocycles. The number of benzene rings is 1. The Balaban J connectivity index is 1.87. The van der Waals surface area contributed by atoms with Crippen molar-refractivity contribution in [2.24, 2.45) is 18.8 Å². The van der Waals surface area contributed by atoms with Crippen LogP contribution in [-0.2, 0) is 18.2 Å². The van der Waals surface area contributed by atoms with E-state index in [1.807, 2.05) is 23.9 Å². The molecule has 0 saturated carbocycles. The van der Waals surface area contributed by atoms with E-state index in [1.54, 1.807) is 0 Å². The van der Waals surface area contributed by atoms with Gasteiger partial charge in [0.25, 0.3) is 0 Å². The third-order valence-corrected chi connectivity index (χ3v) is 4.30. The number of nitrogens with zero attached hydrogens (tertiary/aromatic N) is 2. The Morgan fingerprint density at radius 3 is 3.00 bits per heavy atom. The molecule has 1 aliphatic rings. The van der Waals surface area contributed by atoms with Gasteiger partial charge in [0.05, 0.1) is 23.4 Å². The fourth-order valence-corrected chi connectivity index (χ4v) is 3.15. The maximum Gasteiger partial charge on any atom is 0.0771 e. The zero-order valence-electron chi connectivity index (χ0n) is 12.0. The van der Waals surface area contributed by atoms with Crippen LogP contribution in [0.5, 0.6) is 0 Å². The summed E-state index contributed by atoms with van der Waals surface area (Å²) in [6.07, 6.45) is 2.05. The van der Waals surface area contributed by atoms with Crippen LogP contribution in [-0.4, -0.2) is 28.5 Å². The van der Waals surface area contributed by atoms with E-state index >= 15 is 0 Å². The Bertz CT molecular complexity index is 595. The average Bonchev–Trinajstić information content (AvgIpc) is 3.01. The highest BCUT2D eigenvalue weighted by Gasteiger charge is 2.32. The van der Waals surface area contributed by atoms with Crippen molar-refractivity contribution in [3.8, 4) is 0 Å². The summed E-state index contributed by atoms with van der Waals surface area (Å²) in [6.45, 7) is 3.05. The van der Waals surface area contributed by atoms with Crippen molar-refractivity contribution in [1.29, 1.82) is 0 Å². The van der Waals surface area contributed by atoms with Gasteiger partial charge in [-0.3, -0.25) is 16.0 Å². The van der Waals surface area contributed by atoms with Gasteiger partial charge in [0, 0.05) is 25.5 Å². The molecule has 5 heteroatoms. The topological polar surface area (TPSA) is 65.1 Å². The molecule has 1 aromatic carbocycles. The number of fused-ring (bicyclic) bond motifs is 1. The van der Waals surface area contributed by atoms with Crippen molar-refractivity contribution >= 4 is 10.9 Å². The number of hydrogen-bond acceptors (Lipinski definition) is 4. The second-order valence-electron chi connectivity index (χ2n) is 5.67. The number of para-hydroxylation sites is 1. The summed E-state index contributed by atoms with van der Waals surface area (Å²) in [5, 5.41) is 5.83. The number of rotatable bonds is 4. The summed E-state index contributed by atoms with van der Waals surface area (Å²) < 4.78 is 7.76. The molecule has 3 atom stereocenters. The molecule has 3 N–H and O–H groups in total.